The third kappa shape index (κ3) is 5.78. The zero-order chi connectivity index (χ0) is 15.3. The van der Waals surface area contributed by atoms with Crippen LogP contribution >= 0.6 is 11.8 Å². The van der Waals surface area contributed by atoms with Gasteiger partial charge >= 0.3 is 12.2 Å². The molecule has 0 aromatic carbocycles. The van der Waals surface area contributed by atoms with Crippen molar-refractivity contribution in [3.05, 3.63) is 0 Å². The molecule has 0 spiro atoms. The molecule has 118 valence electrons. The molecule has 0 aromatic rings. The van der Waals surface area contributed by atoms with Crippen LogP contribution in [0.4, 0.5) is 18.0 Å². The molecule has 0 unspecified atom stereocenters. The number of amides is 2. The summed E-state index contributed by atoms with van der Waals surface area (Å²) >= 11 is 1.81. The highest BCUT2D eigenvalue weighted by atomic mass is 32.2. The van der Waals surface area contributed by atoms with Crippen LogP contribution in [0.5, 0.6) is 0 Å². The average molecular weight is 314 g/mol. The number of ether oxygens (including phenoxy) is 1. The standard InChI is InChI=1S/C12H21F3N2O2S/c1-8(6-19-7-12(13,14)15)16-11(18)17-4-5-20-10(3)9(17)2/h8-10H,4-7H2,1-3H3,(H,16,18)/t8-,9-,10+/m0/s1. The van der Waals surface area contributed by atoms with Crippen molar-refractivity contribution < 1.29 is 22.7 Å². The molecule has 0 saturated carbocycles. The Bertz CT molecular complexity index is 328. The summed E-state index contributed by atoms with van der Waals surface area (Å²) in [4.78, 5) is 13.8. The fourth-order valence-corrected chi connectivity index (χ4v) is 3.01. The van der Waals surface area contributed by atoms with E-state index in [2.05, 4.69) is 17.0 Å². The van der Waals surface area contributed by atoms with Crippen molar-refractivity contribution in [2.24, 2.45) is 0 Å². The molecule has 0 radical (unpaired) electrons. The van der Waals surface area contributed by atoms with Crippen molar-refractivity contribution in [1.29, 1.82) is 0 Å². The van der Waals surface area contributed by atoms with E-state index in [9.17, 15) is 18.0 Å². The first-order valence-electron chi connectivity index (χ1n) is 6.54. The average Bonchev–Trinajstić information content (AvgIpc) is 2.30. The number of thioether (sulfide) groups is 1. The zero-order valence-electron chi connectivity index (χ0n) is 11.9. The smallest absolute Gasteiger partial charge is 0.370 e. The van der Waals surface area contributed by atoms with Crippen molar-refractivity contribution in [2.45, 2.75) is 44.3 Å². The number of hydrogen-bond acceptors (Lipinski definition) is 3. The van der Waals surface area contributed by atoms with Gasteiger partial charge in [0, 0.05) is 23.6 Å². The maximum Gasteiger partial charge on any atom is 0.411 e. The molecule has 1 saturated heterocycles. The van der Waals surface area contributed by atoms with Gasteiger partial charge in [-0.05, 0) is 13.8 Å². The first-order valence-corrected chi connectivity index (χ1v) is 7.59. The molecule has 1 aliphatic rings. The van der Waals surface area contributed by atoms with E-state index in [0.717, 1.165) is 5.75 Å². The van der Waals surface area contributed by atoms with E-state index in [4.69, 9.17) is 0 Å². The topological polar surface area (TPSA) is 41.6 Å². The third-order valence-electron chi connectivity index (χ3n) is 3.15. The molecule has 4 nitrogen and oxygen atoms in total. The minimum Gasteiger partial charge on any atom is -0.370 e. The highest BCUT2D eigenvalue weighted by Crippen LogP contribution is 2.24. The Morgan fingerprint density at radius 3 is 2.75 bits per heavy atom. The van der Waals surface area contributed by atoms with Gasteiger partial charge in [-0.15, -0.1) is 0 Å². The summed E-state index contributed by atoms with van der Waals surface area (Å²) < 4.78 is 40.3. The van der Waals surface area contributed by atoms with Crippen molar-refractivity contribution >= 4 is 17.8 Å². The van der Waals surface area contributed by atoms with Crippen LogP contribution in [0.1, 0.15) is 20.8 Å². The number of rotatable bonds is 4. The molecule has 3 atom stereocenters. The predicted octanol–water partition coefficient (Wildman–Crippen LogP) is 2.49. The van der Waals surface area contributed by atoms with Gasteiger partial charge in [0.2, 0.25) is 0 Å². The highest BCUT2D eigenvalue weighted by molar-refractivity contribution is 8.00. The van der Waals surface area contributed by atoms with E-state index < -0.39 is 18.8 Å². The number of carbonyl (C=O) groups excluding carboxylic acids is 1. The first kappa shape index (κ1) is 17.4. The Morgan fingerprint density at radius 2 is 2.15 bits per heavy atom. The van der Waals surface area contributed by atoms with Gasteiger partial charge < -0.3 is 15.0 Å². The van der Waals surface area contributed by atoms with Crippen molar-refractivity contribution in [1.82, 2.24) is 10.2 Å². The zero-order valence-corrected chi connectivity index (χ0v) is 12.7. The van der Waals surface area contributed by atoms with Crippen molar-refractivity contribution in [3.63, 3.8) is 0 Å². The number of halogens is 3. The van der Waals surface area contributed by atoms with Crippen LogP contribution in [0.2, 0.25) is 0 Å². The summed E-state index contributed by atoms with van der Waals surface area (Å²) in [6.07, 6.45) is -4.34. The number of nitrogens with zero attached hydrogens (tertiary/aromatic N) is 1. The fourth-order valence-electron chi connectivity index (χ4n) is 1.91. The maximum atomic E-state index is 12.1. The number of hydrogen-bond donors (Lipinski definition) is 1. The van der Waals surface area contributed by atoms with Crippen molar-refractivity contribution in [2.75, 3.05) is 25.5 Å². The first-order chi connectivity index (χ1) is 9.20. The molecule has 0 bridgehead atoms. The van der Waals surface area contributed by atoms with Crippen LogP contribution in [0.15, 0.2) is 0 Å². The lowest BCUT2D eigenvalue weighted by Gasteiger charge is -2.38. The van der Waals surface area contributed by atoms with E-state index in [1.807, 2.05) is 18.7 Å². The van der Waals surface area contributed by atoms with E-state index in [0.29, 0.717) is 11.8 Å². The molecule has 1 aliphatic heterocycles. The van der Waals surface area contributed by atoms with Gasteiger partial charge in [0.15, 0.2) is 0 Å². The summed E-state index contributed by atoms with van der Waals surface area (Å²) in [5.74, 6) is 0.873. The van der Waals surface area contributed by atoms with Crippen LogP contribution in [-0.4, -0.2) is 60.0 Å². The monoisotopic (exact) mass is 314 g/mol. The molecule has 1 fully saturated rings. The van der Waals surface area contributed by atoms with E-state index in [1.54, 1.807) is 11.8 Å². The van der Waals surface area contributed by atoms with Gasteiger partial charge in [-0.2, -0.15) is 24.9 Å². The number of nitrogens with one attached hydrogen (secondary N) is 1. The molecule has 1 N–H and O–H groups in total. The lowest BCUT2D eigenvalue weighted by molar-refractivity contribution is -0.174. The van der Waals surface area contributed by atoms with E-state index >= 15 is 0 Å². The second kappa shape index (κ2) is 7.40. The summed E-state index contributed by atoms with van der Waals surface area (Å²) in [5.41, 5.74) is 0. The molecule has 0 aromatic heterocycles. The molecular weight excluding hydrogens is 293 g/mol. The predicted molar refractivity (Wildman–Crippen MR) is 73.0 cm³/mol. The second-order valence-corrected chi connectivity index (χ2v) is 6.48. The lowest BCUT2D eigenvalue weighted by atomic mass is 10.2. The van der Waals surface area contributed by atoms with Gasteiger partial charge in [0.1, 0.15) is 6.61 Å². The number of carbonyl (C=O) groups is 1. The van der Waals surface area contributed by atoms with Crippen LogP contribution in [0.25, 0.3) is 0 Å². The Hall–Kier alpha value is -0.630. The van der Waals surface area contributed by atoms with Crippen LogP contribution in [0.3, 0.4) is 0 Å². The van der Waals surface area contributed by atoms with Crippen LogP contribution in [0, 0.1) is 0 Å². The summed E-state index contributed by atoms with van der Waals surface area (Å²) in [6, 6.07) is -0.591. The van der Waals surface area contributed by atoms with Crippen LogP contribution < -0.4 is 5.32 Å². The SMILES string of the molecule is C[C@@H](COCC(F)(F)F)NC(=O)N1CCS[C@H](C)[C@@H]1C. The van der Waals surface area contributed by atoms with Gasteiger partial charge in [-0.1, -0.05) is 6.92 Å². The molecule has 0 aliphatic carbocycles. The second-order valence-electron chi connectivity index (χ2n) is 4.99. The number of alkyl halides is 3. The van der Waals surface area contributed by atoms with Gasteiger partial charge in [-0.25, -0.2) is 4.79 Å². The fraction of sp³-hybridized carbons (Fsp3) is 0.917. The van der Waals surface area contributed by atoms with Crippen LogP contribution in [-0.2, 0) is 4.74 Å². The summed E-state index contributed by atoms with van der Waals surface area (Å²) in [6.45, 7) is 4.86. The molecule has 1 heterocycles. The normalized spacial score (nSPS) is 25.4. The van der Waals surface area contributed by atoms with E-state index in [-0.39, 0.29) is 18.7 Å². The Morgan fingerprint density at radius 1 is 1.50 bits per heavy atom. The molecule has 1 rings (SSSR count). The quantitative estimate of drug-likeness (QED) is 0.867. The Labute approximate surface area is 121 Å². The molecular formula is C12H21F3N2O2S. The maximum absolute atomic E-state index is 12.1. The highest BCUT2D eigenvalue weighted by Gasteiger charge is 2.30. The lowest BCUT2D eigenvalue weighted by Crippen LogP contribution is -2.54. The molecule has 20 heavy (non-hydrogen) atoms. The van der Waals surface area contributed by atoms with Gasteiger partial charge in [-0.3, -0.25) is 0 Å². The van der Waals surface area contributed by atoms with E-state index in [1.165, 1.54) is 0 Å². The Kier molecular flexibility index (Phi) is 6.44. The van der Waals surface area contributed by atoms with Gasteiger partial charge in [0.05, 0.1) is 12.6 Å². The number of urea groups is 1. The Balaban J connectivity index is 2.34. The minimum absolute atomic E-state index is 0.108. The molecule has 8 heteroatoms. The summed E-state index contributed by atoms with van der Waals surface area (Å²) in [7, 11) is 0. The summed E-state index contributed by atoms with van der Waals surface area (Å²) in [5, 5.41) is 3.03. The molecule has 2 amide bonds. The largest absolute Gasteiger partial charge is 0.411 e. The van der Waals surface area contributed by atoms with Crippen molar-refractivity contribution in [3.8, 4) is 0 Å². The van der Waals surface area contributed by atoms with Gasteiger partial charge in [0.25, 0.3) is 0 Å². The minimum atomic E-state index is -4.34. The third-order valence-corrected chi connectivity index (χ3v) is 4.49.